The maximum absolute atomic E-state index is 13.5. The van der Waals surface area contributed by atoms with E-state index < -0.39 is 5.60 Å². The monoisotopic (exact) mass is 466 g/mol. The quantitative estimate of drug-likeness (QED) is 0.343. The fraction of sp³-hybridized carbons (Fsp3) is 0.800. The highest BCUT2D eigenvalue weighted by Crippen LogP contribution is 2.65. The molecular formula is C30H42O4. The molecule has 8 aliphatic rings. The van der Waals surface area contributed by atoms with Crippen LogP contribution < -0.4 is 0 Å². The summed E-state index contributed by atoms with van der Waals surface area (Å²) in [6.07, 6.45) is 12.9. The van der Waals surface area contributed by atoms with E-state index in [4.69, 9.17) is 9.47 Å². The number of allylic oxidation sites excluding steroid dienone is 1. The number of hydrogen-bond acceptors (Lipinski definition) is 4. The van der Waals surface area contributed by atoms with E-state index in [1.807, 2.05) is 6.92 Å². The molecule has 0 heterocycles. The van der Waals surface area contributed by atoms with Crippen molar-refractivity contribution in [1.82, 2.24) is 0 Å². The van der Waals surface area contributed by atoms with Crippen LogP contribution in [0.15, 0.2) is 23.8 Å². The summed E-state index contributed by atoms with van der Waals surface area (Å²) in [4.78, 5) is 26.1. The summed E-state index contributed by atoms with van der Waals surface area (Å²) >= 11 is 0. The molecule has 0 aromatic carbocycles. The van der Waals surface area contributed by atoms with Gasteiger partial charge in [0.05, 0.1) is 0 Å². The van der Waals surface area contributed by atoms with Crippen molar-refractivity contribution < 1.29 is 19.1 Å². The summed E-state index contributed by atoms with van der Waals surface area (Å²) < 4.78 is 12.7. The predicted octanol–water partition coefficient (Wildman–Crippen LogP) is 6.25. The largest absolute Gasteiger partial charge is 0.455 e. The van der Waals surface area contributed by atoms with Gasteiger partial charge in [-0.3, -0.25) is 0 Å². The van der Waals surface area contributed by atoms with Crippen molar-refractivity contribution in [1.29, 1.82) is 0 Å². The van der Waals surface area contributed by atoms with Crippen LogP contribution in [0, 0.1) is 53.3 Å². The lowest BCUT2D eigenvalue weighted by molar-refractivity contribution is -0.210. The van der Waals surface area contributed by atoms with Crippen molar-refractivity contribution in [2.24, 2.45) is 53.3 Å². The average molecular weight is 467 g/mol. The average Bonchev–Trinajstić information content (AvgIpc) is 3.20. The molecule has 0 aromatic heterocycles. The zero-order valence-electron chi connectivity index (χ0n) is 21.5. The molecule has 8 aliphatic carbocycles. The van der Waals surface area contributed by atoms with Gasteiger partial charge < -0.3 is 9.47 Å². The molecule has 4 nitrogen and oxygen atoms in total. The molecular weight excluding hydrogens is 424 g/mol. The molecule has 34 heavy (non-hydrogen) atoms. The van der Waals surface area contributed by atoms with Gasteiger partial charge in [0.25, 0.3) is 0 Å². The first kappa shape index (κ1) is 22.9. The molecule has 0 spiro atoms. The van der Waals surface area contributed by atoms with Crippen LogP contribution in [0.5, 0.6) is 0 Å². The molecule has 0 amide bonds. The van der Waals surface area contributed by atoms with E-state index >= 15 is 0 Å². The van der Waals surface area contributed by atoms with E-state index in [0.29, 0.717) is 29.2 Å². The number of esters is 2. The first-order valence-electron chi connectivity index (χ1n) is 13.9. The molecule has 0 aromatic rings. The van der Waals surface area contributed by atoms with Gasteiger partial charge in [-0.1, -0.05) is 19.6 Å². The first-order valence-corrected chi connectivity index (χ1v) is 13.9. The van der Waals surface area contributed by atoms with E-state index in [0.717, 1.165) is 49.0 Å². The van der Waals surface area contributed by atoms with Crippen LogP contribution in [-0.2, 0) is 19.1 Å². The Kier molecular flexibility index (Phi) is 5.18. The lowest BCUT2D eigenvalue weighted by Crippen LogP contribution is -2.61. The predicted molar refractivity (Wildman–Crippen MR) is 131 cm³/mol. The van der Waals surface area contributed by atoms with Crippen LogP contribution >= 0.6 is 0 Å². The SMILES string of the molecule is C=C(C)C(=O)OC1(C)C2CC3CC(C2)C(/C=C(\C)C(=O)O[C@@]2(CC)C4CC5CC(C4)C2C5)C1C3. The van der Waals surface area contributed by atoms with Crippen molar-refractivity contribution in [3.8, 4) is 0 Å². The number of carbonyl (C=O) groups excluding carboxylic acids is 2. The second-order valence-electron chi connectivity index (χ2n) is 13.2. The molecule has 8 fully saturated rings. The summed E-state index contributed by atoms with van der Waals surface area (Å²) in [5.74, 6) is 4.68. The third-order valence-electron chi connectivity index (χ3n) is 11.6. The number of hydrogen-bond donors (Lipinski definition) is 0. The second kappa shape index (κ2) is 7.71. The van der Waals surface area contributed by atoms with Crippen molar-refractivity contribution in [2.75, 3.05) is 0 Å². The van der Waals surface area contributed by atoms with Gasteiger partial charge in [-0.05, 0) is 120 Å². The molecule has 10 unspecified atom stereocenters. The van der Waals surface area contributed by atoms with Crippen molar-refractivity contribution in [2.45, 2.75) is 96.7 Å². The van der Waals surface area contributed by atoms with Gasteiger partial charge in [-0.15, -0.1) is 0 Å². The van der Waals surface area contributed by atoms with E-state index in [2.05, 4.69) is 26.5 Å². The van der Waals surface area contributed by atoms with Crippen molar-refractivity contribution in [3.05, 3.63) is 23.8 Å². The van der Waals surface area contributed by atoms with E-state index in [1.54, 1.807) is 6.92 Å². The molecule has 8 saturated carbocycles. The standard InChI is InChI=1S/C30H42O4/c1-6-30(23-11-19-9-21(15-23)25(30)12-19)34-28(32)17(4)7-24-20-8-18-10-22(14-20)29(5,26(24)13-18)33-27(31)16(2)3/h7,18-26H,2,6,8-15H2,1,3-5H3/b17-7+/t18?,19?,20?,21?,22?,23?,24?,25?,26?,29?,30-/m0/s1. The lowest BCUT2D eigenvalue weighted by atomic mass is 9.46. The minimum Gasteiger partial charge on any atom is -0.455 e. The Labute approximate surface area is 204 Å². The van der Waals surface area contributed by atoms with Crippen LogP contribution in [0.4, 0.5) is 0 Å². The number of carbonyl (C=O) groups is 2. The molecule has 186 valence electrons. The Balaban J connectivity index is 1.23. The smallest absolute Gasteiger partial charge is 0.333 e. The normalized spacial score (nSPS) is 50.0. The molecule has 0 N–H and O–H groups in total. The van der Waals surface area contributed by atoms with Gasteiger partial charge in [-0.25, -0.2) is 9.59 Å². The molecule has 8 rings (SSSR count). The van der Waals surface area contributed by atoms with Gasteiger partial charge >= 0.3 is 11.9 Å². The Bertz CT molecular complexity index is 945. The van der Waals surface area contributed by atoms with Crippen LogP contribution in [-0.4, -0.2) is 23.1 Å². The molecule has 0 aliphatic heterocycles. The van der Waals surface area contributed by atoms with Crippen LogP contribution in [0.2, 0.25) is 0 Å². The van der Waals surface area contributed by atoms with E-state index in [1.165, 1.54) is 32.1 Å². The zero-order valence-corrected chi connectivity index (χ0v) is 21.5. The summed E-state index contributed by atoms with van der Waals surface area (Å²) in [7, 11) is 0. The van der Waals surface area contributed by atoms with Gasteiger partial charge in [0, 0.05) is 23.0 Å². The molecule has 0 saturated heterocycles. The van der Waals surface area contributed by atoms with Gasteiger partial charge in [-0.2, -0.15) is 0 Å². The van der Waals surface area contributed by atoms with Gasteiger partial charge in [0.15, 0.2) is 0 Å². The van der Waals surface area contributed by atoms with Crippen LogP contribution in [0.1, 0.15) is 85.5 Å². The minimum atomic E-state index is -0.469. The zero-order chi connectivity index (χ0) is 24.0. The maximum Gasteiger partial charge on any atom is 0.333 e. The molecule has 4 heteroatoms. The second-order valence-corrected chi connectivity index (χ2v) is 13.2. The van der Waals surface area contributed by atoms with Gasteiger partial charge in [0.1, 0.15) is 11.2 Å². The Hall–Kier alpha value is -1.58. The highest BCUT2D eigenvalue weighted by molar-refractivity contribution is 5.88. The van der Waals surface area contributed by atoms with Crippen LogP contribution in [0.25, 0.3) is 0 Å². The first-order chi connectivity index (χ1) is 16.1. The third-order valence-corrected chi connectivity index (χ3v) is 11.6. The van der Waals surface area contributed by atoms with Crippen LogP contribution in [0.3, 0.4) is 0 Å². The number of rotatable bonds is 6. The van der Waals surface area contributed by atoms with Gasteiger partial charge in [0.2, 0.25) is 0 Å². The molecule has 8 bridgehead atoms. The summed E-state index contributed by atoms with van der Waals surface area (Å²) in [5, 5.41) is 0. The summed E-state index contributed by atoms with van der Waals surface area (Å²) in [6, 6.07) is 0. The minimum absolute atomic E-state index is 0.104. The van der Waals surface area contributed by atoms with Crippen molar-refractivity contribution >= 4 is 11.9 Å². The maximum atomic E-state index is 13.5. The fourth-order valence-electron chi connectivity index (χ4n) is 10.2. The van der Waals surface area contributed by atoms with E-state index in [9.17, 15) is 9.59 Å². The summed E-state index contributed by atoms with van der Waals surface area (Å²) in [6.45, 7) is 11.9. The fourth-order valence-corrected chi connectivity index (χ4v) is 10.2. The summed E-state index contributed by atoms with van der Waals surface area (Å²) in [5.41, 5.74) is 0.519. The topological polar surface area (TPSA) is 52.6 Å². The highest BCUT2D eigenvalue weighted by atomic mass is 16.6. The Morgan fingerprint density at radius 2 is 1.50 bits per heavy atom. The van der Waals surface area contributed by atoms with Crippen molar-refractivity contribution in [3.63, 3.8) is 0 Å². The Morgan fingerprint density at radius 1 is 0.853 bits per heavy atom. The van der Waals surface area contributed by atoms with E-state index in [-0.39, 0.29) is 29.4 Å². The highest BCUT2D eigenvalue weighted by Gasteiger charge is 2.64. The molecule has 0 radical (unpaired) electrons. The lowest BCUT2D eigenvalue weighted by Gasteiger charge is -2.62. The number of ether oxygens (including phenoxy) is 2. The third kappa shape index (κ3) is 3.15. The Morgan fingerprint density at radius 3 is 2.18 bits per heavy atom. The molecule has 11 atom stereocenters.